The van der Waals surface area contributed by atoms with Crippen LogP contribution in [0.5, 0.6) is 0 Å². The van der Waals surface area contributed by atoms with Crippen molar-refractivity contribution in [1.82, 2.24) is 5.32 Å². The highest BCUT2D eigenvalue weighted by atomic mass is 16.3. The van der Waals surface area contributed by atoms with Gasteiger partial charge in [-0.15, -0.1) is 0 Å². The molecule has 1 aromatic rings. The van der Waals surface area contributed by atoms with Crippen molar-refractivity contribution in [2.45, 2.75) is 38.5 Å². The van der Waals surface area contributed by atoms with Crippen LogP contribution in [0.15, 0.2) is 30.3 Å². The number of anilines is 1. The first kappa shape index (κ1) is 11.9. The van der Waals surface area contributed by atoms with E-state index in [9.17, 15) is 9.90 Å². The summed E-state index contributed by atoms with van der Waals surface area (Å²) in [6.07, 6.45) is 0.473. The molecule has 1 saturated heterocycles. The second-order valence-electron chi connectivity index (χ2n) is 5.38. The lowest BCUT2D eigenvalue weighted by Crippen LogP contribution is -2.66. The van der Waals surface area contributed by atoms with Crippen molar-refractivity contribution >= 4 is 11.7 Å². The summed E-state index contributed by atoms with van der Waals surface area (Å²) in [7, 11) is 0. The predicted molar refractivity (Wildman–Crippen MR) is 66.8 cm³/mol. The molecule has 0 spiro atoms. The predicted octanol–water partition coefficient (Wildman–Crippen LogP) is 2.09. The van der Waals surface area contributed by atoms with Crippen LogP contribution in [0.4, 0.5) is 10.5 Å². The molecule has 0 radical (unpaired) electrons. The van der Waals surface area contributed by atoms with Gasteiger partial charge in [-0.1, -0.05) is 18.2 Å². The van der Waals surface area contributed by atoms with Gasteiger partial charge < -0.3 is 10.4 Å². The van der Waals surface area contributed by atoms with Crippen LogP contribution in [0, 0.1) is 0 Å². The largest absolute Gasteiger partial charge is 0.371 e. The molecule has 1 heterocycles. The van der Waals surface area contributed by atoms with Crippen LogP contribution in [0.3, 0.4) is 0 Å². The van der Waals surface area contributed by atoms with Crippen molar-refractivity contribution in [3.63, 3.8) is 0 Å². The van der Waals surface area contributed by atoms with Crippen molar-refractivity contribution in [3.05, 3.63) is 30.3 Å². The summed E-state index contributed by atoms with van der Waals surface area (Å²) in [5, 5.41) is 13.3. The third-order valence-electron chi connectivity index (χ3n) is 2.92. The number of nitrogens with zero attached hydrogens (tertiary/aromatic N) is 1. The van der Waals surface area contributed by atoms with E-state index in [1.165, 1.54) is 4.90 Å². The maximum absolute atomic E-state index is 12.1. The zero-order valence-corrected chi connectivity index (χ0v) is 10.4. The molecule has 2 rings (SSSR count). The number of benzene rings is 1. The number of nitrogens with one attached hydrogen (secondary N) is 1. The molecule has 4 nitrogen and oxygen atoms in total. The second-order valence-corrected chi connectivity index (χ2v) is 5.38. The number of rotatable bonds is 1. The van der Waals surface area contributed by atoms with Gasteiger partial charge in [0, 0.05) is 17.6 Å². The molecule has 2 amide bonds. The van der Waals surface area contributed by atoms with E-state index in [2.05, 4.69) is 5.32 Å². The smallest absolute Gasteiger partial charge is 0.324 e. The Morgan fingerprint density at radius 1 is 1.24 bits per heavy atom. The van der Waals surface area contributed by atoms with Gasteiger partial charge in [0.2, 0.25) is 0 Å². The van der Waals surface area contributed by atoms with Crippen LogP contribution in [0.2, 0.25) is 0 Å². The van der Waals surface area contributed by atoms with Crippen LogP contribution < -0.4 is 10.2 Å². The average molecular weight is 234 g/mol. The Morgan fingerprint density at radius 3 is 2.35 bits per heavy atom. The number of hydrogen-bond donors (Lipinski definition) is 2. The first-order valence-electron chi connectivity index (χ1n) is 5.72. The van der Waals surface area contributed by atoms with E-state index >= 15 is 0 Å². The van der Waals surface area contributed by atoms with Crippen LogP contribution in [0.1, 0.15) is 27.2 Å². The number of carbonyl (C=O) groups excluding carboxylic acids is 1. The van der Waals surface area contributed by atoms with E-state index in [-0.39, 0.29) is 6.03 Å². The summed E-state index contributed by atoms with van der Waals surface area (Å²) >= 11 is 0. The van der Waals surface area contributed by atoms with Crippen LogP contribution in [-0.2, 0) is 0 Å². The van der Waals surface area contributed by atoms with Crippen LogP contribution in [-0.4, -0.2) is 22.4 Å². The van der Waals surface area contributed by atoms with E-state index < -0.39 is 11.3 Å². The SMILES string of the molecule is CC1(C)CC(C)(O)N(c2ccccc2)C(=O)N1. The maximum Gasteiger partial charge on any atom is 0.324 e. The average Bonchev–Trinajstić information content (AvgIpc) is 2.14. The fourth-order valence-electron chi connectivity index (χ4n) is 2.50. The molecule has 1 aliphatic rings. The third kappa shape index (κ3) is 2.26. The molecule has 1 atom stereocenters. The highest BCUT2D eigenvalue weighted by Crippen LogP contribution is 2.33. The van der Waals surface area contributed by atoms with Crippen molar-refractivity contribution in [1.29, 1.82) is 0 Å². The van der Waals surface area contributed by atoms with Crippen molar-refractivity contribution < 1.29 is 9.90 Å². The summed E-state index contributed by atoms with van der Waals surface area (Å²) in [6.45, 7) is 5.48. The molecular formula is C13H18N2O2. The molecule has 92 valence electrons. The summed E-state index contributed by atoms with van der Waals surface area (Å²) < 4.78 is 0. The Hall–Kier alpha value is -1.55. The number of hydrogen-bond acceptors (Lipinski definition) is 2. The molecule has 0 aromatic heterocycles. The van der Waals surface area contributed by atoms with Gasteiger partial charge in [-0.25, -0.2) is 4.79 Å². The van der Waals surface area contributed by atoms with E-state index in [4.69, 9.17) is 0 Å². The van der Waals surface area contributed by atoms with Gasteiger partial charge >= 0.3 is 6.03 Å². The minimum absolute atomic E-state index is 0.266. The number of urea groups is 1. The molecule has 0 aliphatic carbocycles. The molecular weight excluding hydrogens is 216 g/mol. The first-order valence-corrected chi connectivity index (χ1v) is 5.72. The summed E-state index contributed by atoms with van der Waals surface area (Å²) in [5.74, 6) is 0. The number of aliphatic hydroxyl groups is 1. The van der Waals surface area contributed by atoms with Crippen LogP contribution in [0.25, 0.3) is 0 Å². The van der Waals surface area contributed by atoms with Gasteiger partial charge in [0.05, 0.1) is 0 Å². The minimum atomic E-state index is -1.17. The monoisotopic (exact) mass is 234 g/mol. The molecule has 1 fully saturated rings. The highest BCUT2D eigenvalue weighted by Gasteiger charge is 2.45. The van der Waals surface area contributed by atoms with E-state index in [1.54, 1.807) is 6.92 Å². The topological polar surface area (TPSA) is 52.6 Å². The van der Waals surface area contributed by atoms with Gasteiger partial charge in [-0.2, -0.15) is 0 Å². The molecule has 0 saturated carbocycles. The van der Waals surface area contributed by atoms with Crippen molar-refractivity contribution in [2.24, 2.45) is 0 Å². The summed E-state index contributed by atoms with van der Waals surface area (Å²) in [4.78, 5) is 13.5. The Labute approximate surface area is 101 Å². The summed E-state index contributed by atoms with van der Waals surface area (Å²) in [6, 6.07) is 8.93. The lowest BCUT2D eigenvalue weighted by Gasteiger charge is -2.47. The van der Waals surface area contributed by atoms with Gasteiger partial charge in [0.25, 0.3) is 0 Å². The number of amides is 2. The molecule has 1 aliphatic heterocycles. The highest BCUT2D eigenvalue weighted by molar-refractivity contribution is 5.94. The zero-order valence-electron chi connectivity index (χ0n) is 10.4. The van der Waals surface area contributed by atoms with E-state index in [0.717, 1.165) is 0 Å². The molecule has 1 aromatic carbocycles. The summed E-state index contributed by atoms with van der Waals surface area (Å²) in [5.41, 5.74) is -0.871. The van der Waals surface area contributed by atoms with Gasteiger partial charge in [-0.3, -0.25) is 4.90 Å². The fourth-order valence-corrected chi connectivity index (χ4v) is 2.50. The van der Waals surface area contributed by atoms with Gasteiger partial charge in [0.15, 0.2) is 0 Å². The Balaban J connectivity index is 2.38. The Bertz CT molecular complexity index is 426. The lowest BCUT2D eigenvalue weighted by atomic mass is 9.90. The van der Waals surface area contributed by atoms with Gasteiger partial charge in [0.1, 0.15) is 5.72 Å². The maximum atomic E-state index is 12.1. The fraction of sp³-hybridized carbons (Fsp3) is 0.462. The van der Waals surface area contributed by atoms with Crippen molar-refractivity contribution in [2.75, 3.05) is 4.90 Å². The Kier molecular flexibility index (Phi) is 2.62. The molecule has 17 heavy (non-hydrogen) atoms. The Morgan fingerprint density at radius 2 is 1.82 bits per heavy atom. The van der Waals surface area contributed by atoms with Crippen molar-refractivity contribution in [3.8, 4) is 0 Å². The molecule has 2 N–H and O–H groups in total. The second kappa shape index (κ2) is 3.74. The molecule has 0 bridgehead atoms. The molecule has 4 heteroatoms. The van der Waals surface area contributed by atoms with E-state index in [0.29, 0.717) is 12.1 Å². The standard InChI is InChI=1S/C13H18N2O2/c1-12(2)9-13(3,17)15(11(16)14-12)10-7-5-4-6-8-10/h4-8,17H,9H2,1-3H3,(H,14,16). The van der Waals surface area contributed by atoms with Gasteiger partial charge in [-0.05, 0) is 32.9 Å². The first-order chi connectivity index (χ1) is 7.82. The zero-order chi connectivity index (χ0) is 12.7. The third-order valence-corrected chi connectivity index (χ3v) is 2.92. The normalized spacial score (nSPS) is 27.8. The molecule has 1 unspecified atom stereocenters. The minimum Gasteiger partial charge on any atom is -0.371 e. The number of para-hydroxylation sites is 1. The van der Waals surface area contributed by atoms with E-state index in [1.807, 2.05) is 44.2 Å². The number of carbonyl (C=O) groups is 1. The van der Waals surface area contributed by atoms with Crippen LogP contribution >= 0.6 is 0 Å². The lowest BCUT2D eigenvalue weighted by molar-refractivity contribution is 0.0167. The quantitative estimate of drug-likeness (QED) is 0.781.